The van der Waals surface area contributed by atoms with Gasteiger partial charge in [0.1, 0.15) is 5.75 Å². The summed E-state index contributed by atoms with van der Waals surface area (Å²) in [5.74, 6) is 0.627. The summed E-state index contributed by atoms with van der Waals surface area (Å²) in [5, 5.41) is 1.20. The van der Waals surface area contributed by atoms with Gasteiger partial charge in [0.2, 0.25) is 0 Å². The lowest BCUT2D eigenvalue weighted by Crippen LogP contribution is -2.13. The second-order valence-electron chi connectivity index (χ2n) is 4.77. The molecule has 23 heavy (non-hydrogen) atoms. The molecule has 0 aliphatic heterocycles. The summed E-state index contributed by atoms with van der Waals surface area (Å²) in [7, 11) is -2.18. The monoisotopic (exact) mass is 348 g/mol. The van der Waals surface area contributed by atoms with Crippen LogP contribution in [0.1, 0.15) is 0 Å². The van der Waals surface area contributed by atoms with E-state index in [4.69, 9.17) is 16.3 Å². The van der Waals surface area contributed by atoms with Gasteiger partial charge in [-0.05, 0) is 48.5 Å². The van der Waals surface area contributed by atoms with Gasteiger partial charge in [-0.3, -0.25) is 9.71 Å². The average Bonchev–Trinajstić information content (AvgIpc) is 2.55. The first-order chi connectivity index (χ1) is 11.0. The predicted octanol–water partition coefficient (Wildman–Crippen LogP) is 3.70. The lowest BCUT2D eigenvalue weighted by molar-refractivity contribution is 0.420. The number of ether oxygens (including phenoxy) is 1. The van der Waals surface area contributed by atoms with E-state index in [1.54, 1.807) is 31.5 Å². The fourth-order valence-corrected chi connectivity index (χ4v) is 3.42. The van der Waals surface area contributed by atoms with Crippen LogP contribution in [0.5, 0.6) is 5.75 Å². The van der Waals surface area contributed by atoms with Crippen LogP contribution in [0.4, 0.5) is 5.69 Å². The normalized spacial score (nSPS) is 11.4. The van der Waals surface area contributed by atoms with Crippen molar-refractivity contribution in [2.45, 2.75) is 4.90 Å². The summed E-state index contributed by atoms with van der Waals surface area (Å²) in [4.78, 5) is 4.38. The molecule has 0 radical (unpaired) electrons. The third kappa shape index (κ3) is 3.09. The number of halogens is 1. The molecule has 0 unspecified atom stereocenters. The largest absolute Gasteiger partial charge is 0.496 e. The number of sulfonamides is 1. The Morgan fingerprint density at radius 1 is 1.09 bits per heavy atom. The molecule has 0 saturated carbocycles. The second kappa shape index (κ2) is 6.06. The zero-order valence-electron chi connectivity index (χ0n) is 12.2. The number of hydrogen-bond donors (Lipinski definition) is 1. The van der Waals surface area contributed by atoms with Crippen molar-refractivity contribution in [3.05, 3.63) is 59.8 Å². The van der Waals surface area contributed by atoms with E-state index in [0.717, 1.165) is 5.39 Å². The van der Waals surface area contributed by atoms with E-state index in [0.29, 0.717) is 22.0 Å². The number of hydrogen-bond acceptors (Lipinski definition) is 4. The minimum Gasteiger partial charge on any atom is -0.496 e. The van der Waals surface area contributed by atoms with E-state index >= 15 is 0 Å². The highest BCUT2D eigenvalue weighted by Gasteiger charge is 2.17. The second-order valence-corrected chi connectivity index (χ2v) is 6.89. The van der Waals surface area contributed by atoms with E-state index in [2.05, 4.69) is 9.71 Å². The summed E-state index contributed by atoms with van der Waals surface area (Å²) in [6.07, 6.45) is 1.60. The number of aromatic nitrogens is 1. The molecule has 0 spiro atoms. The molecule has 0 aliphatic carbocycles. The highest BCUT2D eigenvalue weighted by Crippen LogP contribution is 2.31. The Hall–Kier alpha value is -2.31. The summed E-state index contributed by atoms with van der Waals surface area (Å²) < 4.78 is 32.8. The number of nitrogens with one attached hydrogen (secondary N) is 1. The van der Waals surface area contributed by atoms with Crippen LogP contribution in [0.25, 0.3) is 10.9 Å². The first-order valence-corrected chi connectivity index (χ1v) is 8.57. The Balaban J connectivity index is 2.06. The molecule has 0 fully saturated rings. The molecule has 3 aromatic rings. The van der Waals surface area contributed by atoms with Gasteiger partial charge in [0.25, 0.3) is 10.0 Å². The van der Waals surface area contributed by atoms with E-state index in [1.165, 1.54) is 24.3 Å². The first kappa shape index (κ1) is 15.6. The molecular weight excluding hydrogens is 336 g/mol. The van der Waals surface area contributed by atoms with Crippen LogP contribution in [0.2, 0.25) is 5.02 Å². The molecule has 5 nitrogen and oxygen atoms in total. The van der Waals surface area contributed by atoms with Crippen molar-refractivity contribution in [3.63, 3.8) is 0 Å². The van der Waals surface area contributed by atoms with Gasteiger partial charge in [0, 0.05) is 16.6 Å². The Morgan fingerprint density at radius 3 is 2.52 bits per heavy atom. The van der Waals surface area contributed by atoms with Crippen molar-refractivity contribution in [1.29, 1.82) is 0 Å². The third-order valence-electron chi connectivity index (χ3n) is 3.32. The number of nitrogens with zero attached hydrogens (tertiary/aromatic N) is 1. The average molecular weight is 349 g/mol. The van der Waals surface area contributed by atoms with Gasteiger partial charge in [0.05, 0.1) is 23.2 Å². The third-order valence-corrected chi connectivity index (χ3v) is 4.95. The van der Waals surface area contributed by atoms with Gasteiger partial charge >= 0.3 is 0 Å². The Kier molecular flexibility index (Phi) is 4.11. The number of pyridine rings is 1. The topological polar surface area (TPSA) is 68.3 Å². The predicted molar refractivity (Wildman–Crippen MR) is 90.6 cm³/mol. The first-order valence-electron chi connectivity index (χ1n) is 6.71. The smallest absolute Gasteiger partial charge is 0.261 e. The van der Waals surface area contributed by atoms with Crippen molar-refractivity contribution in [3.8, 4) is 5.75 Å². The van der Waals surface area contributed by atoms with Gasteiger partial charge in [-0.2, -0.15) is 0 Å². The molecule has 2 aromatic carbocycles. The van der Waals surface area contributed by atoms with E-state index in [1.807, 2.05) is 6.07 Å². The summed E-state index contributed by atoms with van der Waals surface area (Å²) in [5.41, 5.74) is 0.903. The SMILES string of the molecule is COc1ccc(NS(=O)(=O)c2ccc(Cl)cc2)c2ncccc12. The molecule has 3 rings (SSSR count). The molecule has 1 N–H and O–H groups in total. The highest BCUT2D eigenvalue weighted by molar-refractivity contribution is 7.92. The maximum Gasteiger partial charge on any atom is 0.261 e. The minimum atomic E-state index is -3.73. The molecule has 0 atom stereocenters. The van der Waals surface area contributed by atoms with Crippen LogP contribution in [-0.2, 0) is 10.0 Å². The maximum absolute atomic E-state index is 12.5. The molecule has 0 amide bonds. The van der Waals surface area contributed by atoms with Crippen LogP contribution in [0.15, 0.2) is 59.6 Å². The zero-order valence-corrected chi connectivity index (χ0v) is 13.7. The minimum absolute atomic E-state index is 0.127. The molecule has 1 heterocycles. The molecule has 1 aromatic heterocycles. The number of benzene rings is 2. The lowest BCUT2D eigenvalue weighted by Gasteiger charge is -2.12. The number of anilines is 1. The Morgan fingerprint density at radius 2 is 1.83 bits per heavy atom. The fraction of sp³-hybridized carbons (Fsp3) is 0.0625. The zero-order chi connectivity index (χ0) is 16.4. The van der Waals surface area contributed by atoms with Crippen LogP contribution < -0.4 is 9.46 Å². The van der Waals surface area contributed by atoms with Crippen LogP contribution in [0, 0.1) is 0 Å². The van der Waals surface area contributed by atoms with Gasteiger partial charge in [-0.15, -0.1) is 0 Å². The highest BCUT2D eigenvalue weighted by atomic mass is 35.5. The van der Waals surface area contributed by atoms with Crippen LogP contribution in [-0.4, -0.2) is 20.5 Å². The van der Waals surface area contributed by atoms with Crippen LogP contribution in [0.3, 0.4) is 0 Å². The molecule has 7 heteroatoms. The number of rotatable bonds is 4. The van der Waals surface area contributed by atoms with Gasteiger partial charge in [0.15, 0.2) is 0 Å². The number of methoxy groups -OCH3 is 1. The van der Waals surface area contributed by atoms with Gasteiger partial charge in [-0.1, -0.05) is 11.6 Å². The van der Waals surface area contributed by atoms with Crippen molar-refractivity contribution < 1.29 is 13.2 Å². The molecular formula is C16H13ClN2O3S. The Bertz CT molecular complexity index is 957. The number of fused-ring (bicyclic) bond motifs is 1. The van der Waals surface area contributed by atoms with Crippen LogP contribution >= 0.6 is 11.6 Å². The van der Waals surface area contributed by atoms with E-state index in [-0.39, 0.29) is 4.90 Å². The molecule has 118 valence electrons. The molecule has 0 saturated heterocycles. The van der Waals surface area contributed by atoms with E-state index in [9.17, 15) is 8.42 Å². The summed E-state index contributed by atoms with van der Waals surface area (Å²) in [6, 6.07) is 12.9. The maximum atomic E-state index is 12.5. The van der Waals surface area contributed by atoms with Crippen molar-refractivity contribution in [1.82, 2.24) is 4.98 Å². The van der Waals surface area contributed by atoms with Gasteiger partial charge in [-0.25, -0.2) is 8.42 Å². The van der Waals surface area contributed by atoms with Crippen molar-refractivity contribution in [2.75, 3.05) is 11.8 Å². The standard InChI is InChI=1S/C16H13ClN2O3S/c1-22-15-9-8-14(16-13(15)3-2-10-18-16)19-23(20,21)12-6-4-11(17)5-7-12/h2-10,19H,1H3. The van der Waals surface area contributed by atoms with Crippen molar-refractivity contribution >= 4 is 38.2 Å². The lowest BCUT2D eigenvalue weighted by atomic mass is 10.2. The molecule has 0 bridgehead atoms. The van der Waals surface area contributed by atoms with E-state index < -0.39 is 10.0 Å². The summed E-state index contributed by atoms with van der Waals surface area (Å²) in [6.45, 7) is 0. The quantitative estimate of drug-likeness (QED) is 0.780. The van der Waals surface area contributed by atoms with Gasteiger partial charge < -0.3 is 4.74 Å². The van der Waals surface area contributed by atoms with Crippen molar-refractivity contribution in [2.24, 2.45) is 0 Å². The fourth-order valence-electron chi connectivity index (χ4n) is 2.22. The molecule has 0 aliphatic rings. The summed E-state index contributed by atoms with van der Waals surface area (Å²) >= 11 is 5.79. The Labute approximate surface area is 138 Å².